The van der Waals surface area contributed by atoms with Crippen LogP contribution in [0, 0.1) is 11.6 Å². The first-order chi connectivity index (χ1) is 20.5. The minimum atomic E-state index is -5.15. The molecule has 2 unspecified atom stereocenters. The number of likely N-dealkylation sites (N-methyl/N-ethyl adjacent to an activating group) is 2. The molecule has 0 saturated carbocycles. The van der Waals surface area contributed by atoms with Gasteiger partial charge in [-0.1, -0.05) is 0 Å². The Morgan fingerprint density at radius 3 is 1.20 bits per heavy atom. The minimum Gasteiger partial charge on any atom is -0.364 e. The second kappa shape index (κ2) is 13.4. The van der Waals surface area contributed by atoms with E-state index < -0.39 is 93.2 Å². The molecule has 0 saturated heterocycles. The fraction of sp³-hybridized carbons (Fsp3) is 0.429. The number of carbonyl (C=O) groups is 4. The Bertz CT molecular complexity index is 1350. The first-order valence-electron chi connectivity index (χ1n) is 12.9. The monoisotopic (exact) mass is 654 g/mol. The summed E-state index contributed by atoms with van der Waals surface area (Å²) in [5, 5.41) is 8.64. The van der Waals surface area contributed by atoms with Gasteiger partial charge in [-0.3, -0.25) is 19.2 Å². The zero-order valence-electron chi connectivity index (χ0n) is 24.7. The Morgan fingerprint density at radius 1 is 0.622 bits per heavy atom. The lowest BCUT2D eigenvalue weighted by Gasteiger charge is -2.43. The summed E-state index contributed by atoms with van der Waals surface area (Å²) >= 11 is 0. The number of carbonyl (C=O) groups excluding carboxylic acids is 4. The average Bonchev–Trinajstić information content (AvgIpc) is 2.91. The maximum absolute atomic E-state index is 13.6. The first-order valence-corrected chi connectivity index (χ1v) is 12.9. The van der Waals surface area contributed by atoms with Crippen LogP contribution in [0.4, 0.5) is 35.1 Å². The molecule has 2 atom stereocenters. The van der Waals surface area contributed by atoms with E-state index in [1.807, 2.05) is 0 Å². The Kier molecular flexibility index (Phi) is 11.0. The van der Waals surface area contributed by atoms with Gasteiger partial charge in [0.15, 0.2) is 0 Å². The normalized spacial score (nSPS) is 13.8. The van der Waals surface area contributed by atoms with Crippen LogP contribution >= 0.6 is 0 Å². The van der Waals surface area contributed by atoms with Crippen molar-refractivity contribution in [3.05, 3.63) is 70.3 Å². The molecule has 45 heavy (non-hydrogen) atoms. The zero-order chi connectivity index (χ0) is 34.7. The lowest BCUT2D eigenvalue weighted by atomic mass is 9.91. The van der Waals surface area contributed by atoms with Crippen molar-refractivity contribution in [1.82, 2.24) is 21.3 Å². The highest BCUT2D eigenvalue weighted by molar-refractivity contribution is 6.00. The van der Waals surface area contributed by atoms with E-state index in [9.17, 15) is 54.3 Å². The van der Waals surface area contributed by atoms with E-state index >= 15 is 0 Å². The van der Waals surface area contributed by atoms with Crippen molar-refractivity contribution in [2.75, 3.05) is 14.1 Å². The largest absolute Gasteiger partial charge is 0.417 e. The predicted octanol–water partition coefficient (Wildman–Crippen LogP) is 3.97. The van der Waals surface area contributed by atoms with Gasteiger partial charge < -0.3 is 26.0 Å². The molecule has 4 amide bonds. The summed E-state index contributed by atoms with van der Waals surface area (Å²) in [5.74, 6) is -7.42. The Morgan fingerprint density at radius 2 is 0.933 bits per heavy atom. The number of halogens is 8. The number of rotatable bonds is 10. The van der Waals surface area contributed by atoms with Crippen molar-refractivity contribution in [3.63, 3.8) is 0 Å². The lowest BCUT2D eigenvalue weighted by Crippen LogP contribution is -2.65. The number of nitrogens with one attached hydrogen (secondary N) is 4. The van der Waals surface area contributed by atoms with Crippen molar-refractivity contribution in [2.24, 2.45) is 0 Å². The van der Waals surface area contributed by atoms with Crippen LogP contribution in [-0.2, 0) is 26.7 Å². The highest BCUT2D eigenvalue weighted by Crippen LogP contribution is 2.35. The Hall–Kier alpha value is -4.28. The molecular weight excluding hydrogens is 624 g/mol. The van der Waals surface area contributed by atoms with Crippen molar-refractivity contribution in [3.8, 4) is 0 Å². The zero-order valence-corrected chi connectivity index (χ0v) is 24.7. The van der Waals surface area contributed by atoms with Crippen LogP contribution in [-0.4, -0.2) is 61.0 Å². The van der Waals surface area contributed by atoms with Gasteiger partial charge >= 0.3 is 12.4 Å². The van der Waals surface area contributed by atoms with Gasteiger partial charge in [-0.25, -0.2) is 8.78 Å². The number of amides is 4. The van der Waals surface area contributed by atoms with Gasteiger partial charge in [0.2, 0.25) is 11.8 Å². The molecule has 2 rings (SSSR count). The predicted molar refractivity (Wildman–Crippen MR) is 143 cm³/mol. The second-order valence-electron chi connectivity index (χ2n) is 10.7. The molecule has 2 aromatic rings. The Labute approximate surface area is 252 Å². The van der Waals surface area contributed by atoms with Gasteiger partial charge in [-0.15, -0.1) is 0 Å². The molecular formula is C28H30F8N4O5. The van der Waals surface area contributed by atoms with Gasteiger partial charge in [0.05, 0.1) is 33.5 Å². The molecule has 4 N–H and O–H groups in total. The maximum atomic E-state index is 13.6. The standard InChI is InChI=1S/C28H30F8N4O5/c1-25(2,19(23(43)37-5)39-21(41)15-9-7-13(29)11-17(15)27(31,32)33)45-26(3,4)20(24(44)38-6)40-22(42)16-10-8-14(30)12-18(16)28(34,35)36/h7-12,19-20H,1-6H3,(H,37,43)(H,38,44)(H,39,41)(H,40,42). The van der Waals surface area contributed by atoms with Crippen LogP contribution in [0.3, 0.4) is 0 Å². The summed E-state index contributed by atoms with van der Waals surface area (Å²) in [6, 6.07) is -1.07. The van der Waals surface area contributed by atoms with E-state index in [0.717, 1.165) is 14.1 Å². The van der Waals surface area contributed by atoms with Gasteiger partial charge in [-0.05, 0) is 64.1 Å². The average molecular weight is 655 g/mol. The minimum absolute atomic E-state index is 0.0938. The first kappa shape index (κ1) is 36.9. The fourth-order valence-corrected chi connectivity index (χ4v) is 4.51. The molecule has 0 aliphatic rings. The smallest absolute Gasteiger partial charge is 0.364 e. The van der Waals surface area contributed by atoms with Crippen molar-refractivity contribution in [2.45, 2.75) is 63.3 Å². The Balaban J connectivity index is 2.49. The van der Waals surface area contributed by atoms with E-state index in [1.54, 1.807) is 0 Å². The SMILES string of the molecule is CNC(=O)C(NC(=O)c1ccc(F)cc1C(F)(F)F)C(C)(C)OC(C)(C)C(NC(=O)c1ccc(F)cc1C(F)(F)F)C(=O)NC. The van der Waals surface area contributed by atoms with Crippen molar-refractivity contribution >= 4 is 23.6 Å². The van der Waals surface area contributed by atoms with E-state index in [1.165, 1.54) is 27.7 Å². The summed E-state index contributed by atoms with van der Waals surface area (Å²) in [7, 11) is 2.27. The third-order valence-electron chi connectivity index (χ3n) is 6.55. The van der Waals surface area contributed by atoms with Crippen molar-refractivity contribution in [1.29, 1.82) is 0 Å². The molecule has 2 aromatic carbocycles. The molecule has 248 valence electrons. The summed E-state index contributed by atoms with van der Waals surface area (Å²) in [4.78, 5) is 51.7. The van der Waals surface area contributed by atoms with Crippen LogP contribution in [0.2, 0.25) is 0 Å². The van der Waals surface area contributed by atoms with Crippen LogP contribution in [0.15, 0.2) is 36.4 Å². The third kappa shape index (κ3) is 8.89. The number of alkyl halides is 6. The van der Waals surface area contributed by atoms with Gasteiger partial charge in [0, 0.05) is 14.1 Å². The lowest BCUT2D eigenvalue weighted by molar-refractivity contribution is -0.165. The van der Waals surface area contributed by atoms with Crippen LogP contribution in [0.5, 0.6) is 0 Å². The number of benzene rings is 2. The van der Waals surface area contributed by atoms with Crippen LogP contribution in [0.1, 0.15) is 59.5 Å². The van der Waals surface area contributed by atoms with E-state index in [4.69, 9.17) is 4.74 Å². The molecule has 0 radical (unpaired) electrons. The number of ether oxygens (including phenoxy) is 1. The molecule has 17 heteroatoms. The second-order valence-corrected chi connectivity index (χ2v) is 10.7. The molecule has 0 fully saturated rings. The maximum Gasteiger partial charge on any atom is 0.417 e. The fourth-order valence-electron chi connectivity index (χ4n) is 4.51. The summed E-state index contributed by atoms with van der Waals surface area (Å²) in [6.07, 6.45) is -10.3. The molecule has 0 aliphatic carbocycles. The third-order valence-corrected chi connectivity index (χ3v) is 6.55. The number of hydrogen-bond acceptors (Lipinski definition) is 5. The summed E-state index contributed by atoms with van der Waals surface area (Å²) in [5.41, 5.74) is -9.14. The number of hydrogen-bond donors (Lipinski definition) is 4. The molecule has 9 nitrogen and oxygen atoms in total. The quantitative estimate of drug-likeness (QED) is 0.289. The van der Waals surface area contributed by atoms with Crippen LogP contribution in [0.25, 0.3) is 0 Å². The molecule has 0 bridgehead atoms. The van der Waals surface area contributed by atoms with E-state index in [-0.39, 0.29) is 12.1 Å². The van der Waals surface area contributed by atoms with E-state index in [2.05, 4.69) is 21.3 Å². The van der Waals surface area contributed by atoms with Crippen molar-refractivity contribution < 1.29 is 59.0 Å². The summed E-state index contributed by atoms with van der Waals surface area (Å²) in [6.45, 7) is 4.81. The molecule has 0 heterocycles. The highest BCUT2D eigenvalue weighted by Gasteiger charge is 2.47. The molecule has 0 aliphatic heterocycles. The highest BCUT2D eigenvalue weighted by atomic mass is 19.4. The topological polar surface area (TPSA) is 126 Å². The van der Waals surface area contributed by atoms with E-state index in [0.29, 0.717) is 24.3 Å². The van der Waals surface area contributed by atoms with Gasteiger partial charge in [0.1, 0.15) is 23.7 Å². The summed E-state index contributed by atoms with van der Waals surface area (Å²) < 4.78 is 114. The molecule has 0 spiro atoms. The van der Waals surface area contributed by atoms with Gasteiger partial charge in [-0.2, -0.15) is 26.3 Å². The molecule has 0 aromatic heterocycles. The van der Waals surface area contributed by atoms with Gasteiger partial charge in [0.25, 0.3) is 11.8 Å². The van der Waals surface area contributed by atoms with Crippen LogP contribution < -0.4 is 21.3 Å².